The quantitative estimate of drug-likeness (QED) is 0.564. The second kappa shape index (κ2) is 7.41. The smallest absolute Gasteiger partial charge is 0.416 e. The van der Waals surface area contributed by atoms with Crippen molar-refractivity contribution < 1.29 is 22.7 Å². The van der Waals surface area contributed by atoms with E-state index in [0.717, 1.165) is 35.5 Å². The average Bonchev–Trinajstić information content (AvgIpc) is 3.20. The fraction of sp³-hybridized carbons (Fsp3) is 0.375. The Balaban J connectivity index is 1.58. The summed E-state index contributed by atoms with van der Waals surface area (Å²) in [5.41, 5.74) is 2.81. The summed E-state index contributed by atoms with van der Waals surface area (Å²) in [5, 5.41) is 10.3. The van der Waals surface area contributed by atoms with Crippen LogP contribution in [0.2, 0.25) is 0 Å². The number of benzene rings is 2. The molecule has 1 aliphatic heterocycles. The summed E-state index contributed by atoms with van der Waals surface area (Å²) < 4.78 is 44.2. The van der Waals surface area contributed by atoms with Crippen LogP contribution in [0.1, 0.15) is 48.9 Å². The molecule has 2 aromatic carbocycles. The van der Waals surface area contributed by atoms with Crippen LogP contribution in [0.15, 0.2) is 46.9 Å². The van der Waals surface area contributed by atoms with Gasteiger partial charge in [0, 0.05) is 17.3 Å². The van der Waals surface area contributed by atoms with Gasteiger partial charge in [-0.05, 0) is 75.6 Å². The molecule has 4 rings (SSSR count). The maximum Gasteiger partial charge on any atom is 0.416 e. The molecule has 4 nitrogen and oxygen atoms in total. The molecule has 0 radical (unpaired) electrons. The summed E-state index contributed by atoms with van der Waals surface area (Å²) in [6.07, 6.45) is -3.51. The molecule has 3 aromatic rings. The Morgan fingerprint density at radius 1 is 1.10 bits per heavy atom. The van der Waals surface area contributed by atoms with Gasteiger partial charge in [0.2, 0.25) is 5.89 Å². The van der Waals surface area contributed by atoms with E-state index in [1.165, 1.54) is 17.7 Å². The minimum atomic E-state index is -4.37. The molecule has 0 amide bonds. The summed E-state index contributed by atoms with van der Waals surface area (Å²) in [6.45, 7) is 8.02. The van der Waals surface area contributed by atoms with Crippen LogP contribution in [0, 0.1) is 6.92 Å². The first-order valence-corrected chi connectivity index (χ1v) is 10.2. The highest BCUT2D eigenvalue weighted by Gasteiger charge is 2.31. The number of aryl methyl sites for hydroxylation is 1. The molecule has 1 unspecified atom stereocenters. The number of alkyl halides is 3. The first kappa shape index (κ1) is 21.4. The van der Waals surface area contributed by atoms with Gasteiger partial charge < -0.3 is 14.4 Å². The molecule has 1 aromatic heterocycles. The molecule has 0 spiro atoms. The molecule has 0 bridgehead atoms. The molecule has 1 aliphatic rings. The number of nitrogens with zero attached hydrogens (tertiary/aromatic N) is 2. The molecule has 2 heterocycles. The normalized spacial score (nSPS) is 16.6. The molecule has 164 valence electrons. The number of fused-ring (bicyclic) bond motifs is 1. The molecule has 31 heavy (non-hydrogen) atoms. The van der Waals surface area contributed by atoms with Gasteiger partial charge in [-0.2, -0.15) is 13.2 Å². The Morgan fingerprint density at radius 2 is 1.74 bits per heavy atom. The molecule has 1 N–H and O–H groups in total. The van der Waals surface area contributed by atoms with E-state index in [-0.39, 0.29) is 6.04 Å². The fourth-order valence-corrected chi connectivity index (χ4v) is 3.98. The van der Waals surface area contributed by atoms with Crippen LogP contribution in [-0.4, -0.2) is 16.1 Å². The van der Waals surface area contributed by atoms with Gasteiger partial charge in [0.15, 0.2) is 0 Å². The van der Waals surface area contributed by atoms with Crippen molar-refractivity contribution in [3.05, 3.63) is 70.6 Å². The highest BCUT2D eigenvalue weighted by atomic mass is 19.4. The van der Waals surface area contributed by atoms with Crippen LogP contribution in [0.25, 0.3) is 11.5 Å². The lowest BCUT2D eigenvalue weighted by Crippen LogP contribution is -2.29. The highest BCUT2D eigenvalue weighted by Crippen LogP contribution is 2.37. The summed E-state index contributed by atoms with van der Waals surface area (Å²) >= 11 is 0. The van der Waals surface area contributed by atoms with E-state index in [9.17, 15) is 18.3 Å². The third-order valence-corrected chi connectivity index (χ3v) is 5.81. The zero-order valence-corrected chi connectivity index (χ0v) is 17.9. The number of hydrogen-bond donors (Lipinski definition) is 1. The summed E-state index contributed by atoms with van der Waals surface area (Å²) in [7, 11) is 0. The van der Waals surface area contributed by atoms with E-state index in [0.29, 0.717) is 23.8 Å². The number of rotatable bonds is 4. The van der Waals surface area contributed by atoms with Gasteiger partial charge >= 0.3 is 6.18 Å². The van der Waals surface area contributed by atoms with Crippen molar-refractivity contribution in [3.8, 4) is 11.5 Å². The van der Waals surface area contributed by atoms with Gasteiger partial charge in [0.05, 0.1) is 17.7 Å². The lowest BCUT2D eigenvalue weighted by Gasteiger charge is -2.24. The maximum absolute atomic E-state index is 12.8. The van der Waals surface area contributed by atoms with Gasteiger partial charge in [-0.25, -0.2) is 4.98 Å². The van der Waals surface area contributed by atoms with Crippen LogP contribution in [0.3, 0.4) is 0 Å². The average molecular weight is 430 g/mol. The third kappa shape index (κ3) is 4.19. The minimum Gasteiger partial charge on any atom is -0.441 e. The SMILES string of the molecule is Cc1oc(-c2ccc(C(F)(F)F)cc2)nc1CN1c2ccc(C(C)(C)O)cc2CC1C. The molecule has 0 saturated carbocycles. The molecule has 1 atom stereocenters. The van der Waals surface area contributed by atoms with Crippen molar-refractivity contribution in [3.63, 3.8) is 0 Å². The van der Waals surface area contributed by atoms with Gasteiger partial charge in [-0.15, -0.1) is 0 Å². The molecule has 7 heteroatoms. The van der Waals surface area contributed by atoms with Crippen molar-refractivity contribution in [1.82, 2.24) is 4.98 Å². The first-order valence-electron chi connectivity index (χ1n) is 10.2. The monoisotopic (exact) mass is 430 g/mol. The Bertz CT molecular complexity index is 1100. The Hall–Kier alpha value is -2.80. The Morgan fingerprint density at radius 3 is 2.35 bits per heavy atom. The van der Waals surface area contributed by atoms with Gasteiger partial charge in [0.25, 0.3) is 0 Å². The van der Waals surface area contributed by atoms with Crippen LogP contribution < -0.4 is 4.90 Å². The van der Waals surface area contributed by atoms with E-state index < -0.39 is 17.3 Å². The van der Waals surface area contributed by atoms with Crippen LogP contribution >= 0.6 is 0 Å². The highest BCUT2D eigenvalue weighted by molar-refractivity contribution is 5.61. The minimum absolute atomic E-state index is 0.248. The van der Waals surface area contributed by atoms with Crippen LogP contribution in [0.5, 0.6) is 0 Å². The second-order valence-corrected chi connectivity index (χ2v) is 8.68. The summed E-state index contributed by atoms with van der Waals surface area (Å²) in [5.74, 6) is 0.953. The van der Waals surface area contributed by atoms with Crippen molar-refractivity contribution in [2.75, 3.05) is 4.90 Å². The number of halogens is 3. The second-order valence-electron chi connectivity index (χ2n) is 8.68. The Kier molecular flexibility index (Phi) is 5.12. The lowest BCUT2D eigenvalue weighted by atomic mass is 9.95. The van der Waals surface area contributed by atoms with E-state index in [1.807, 2.05) is 19.1 Å². The maximum atomic E-state index is 12.8. The van der Waals surface area contributed by atoms with Crippen LogP contribution in [0.4, 0.5) is 18.9 Å². The number of anilines is 1. The predicted octanol–water partition coefficient (Wildman–Crippen LogP) is 5.85. The lowest BCUT2D eigenvalue weighted by molar-refractivity contribution is -0.137. The standard InChI is InChI=1S/C24H25F3N2O2/c1-14-11-17-12-19(23(3,4)30)9-10-21(17)29(14)13-20-15(2)31-22(28-20)16-5-7-18(8-6-16)24(25,26)27/h5-10,12,14,30H,11,13H2,1-4H3. The van der Waals surface area contributed by atoms with E-state index in [1.54, 1.807) is 13.8 Å². The molecule has 0 aliphatic carbocycles. The predicted molar refractivity (Wildman–Crippen MR) is 113 cm³/mol. The number of oxazole rings is 1. The van der Waals surface area contributed by atoms with Crippen molar-refractivity contribution in [2.45, 2.75) is 58.5 Å². The summed E-state index contributed by atoms with van der Waals surface area (Å²) in [6, 6.07) is 11.1. The topological polar surface area (TPSA) is 49.5 Å². The van der Waals surface area contributed by atoms with Crippen molar-refractivity contribution in [2.24, 2.45) is 0 Å². The van der Waals surface area contributed by atoms with E-state index in [2.05, 4.69) is 22.9 Å². The van der Waals surface area contributed by atoms with Crippen molar-refractivity contribution >= 4 is 5.69 Å². The zero-order chi connectivity index (χ0) is 22.6. The van der Waals surface area contributed by atoms with E-state index >= 15 is 0 Å². The molecular formula is C24H25F3N2O2. The van der Waals surface area contributed by atoms with Gasteiger partial charge in [0.1, 0.15) is 11.5 Å². The first-order chi connectivity index (χ1) is 14.4. The van der Waals surface area contributed by atoms with Crippen molar-refractivity contribution in [1.29, 1.82) is 0 Å². The zero-order valence-electron chi connectivity index (χ0n) is 17.9. The molecule has 0 fully saturated rings. The molecule has 0 saturated heterocycles. The van der Waals surface area contributed by atoms with Gasteiger partial charge in [-0.3, -0.25) is 0 Å². The molecular weight excluding hydrogens is 405 g/mol. The number of aromatic nitrogens is 1. The Labute approximate surface area is 179 Å². The van der Waals surface area contributed by atoms with Gasteiger partial charge in [-0.1, -0.05) is 12.1 Å². The third-order valence-electron chi connectivity index (χ3n) is 5.81. The largest absolute Gasteiger partial charge is 0.441 e. The summed E-state index contributed by atoms with van der Waals surface area (Å²) in [4.78, 5) is 6.81. The number of hydrogen-bond acceptors (Lipinski definition) is 4. The van der Waals surface area contributed by atoms with Crippen LogP contribution in [-0.2, 0) is 24.7 Å². The van der Waals surface area contributed by atoms with E-state index in [4.69, 9.17) is 4.42 Å². The fourth-order valence-electron chi connectivity index (χ4n) is 3.98. The number of aliphatic hydroxyl groups is 1.